The Morgan fingerprint density at radius 2 is 2.40 bits per heavy atom. The summed E-state index contributed by atoms with van der Waals surface area (Å²) in [6.45, 7) is 10.1. The first-order chi connectivity index (χ1) is 4.69. The summed E-state index contributed by atoms with van der Waals surface area (Å²) in [7, 11) is 0. The SMILES string of the molecule is C=CCC1(C)CCCC1=C. The molecule has 0 saturated heterocycles. The Bertz CT molecular complexity index is 155. The fraction of sp³-hybridized carbons (Fsp3) is 0.600. The molecule has 0 nitrogen and oxygen atoms in total. The molecule has 56 valence electrons. The first kappa shape index (κ1) is 7.59. The van der Waals surface area contributed by atoms with Gasteiger partial charge >= 0.3 is 0 Å². The molecule has 0 aromatic heterocycles. The molecular weight excluding hydrogens is 120 g/mol. The van der Waals surface area contributed by atoms with Gasteiger partial charge in [-0.3, -0.25) is 0 Å². The maximum Gasteiger partial charge on any atom is -0.00846 e. The van der Waals surface area contributed by atoms with E-state index in [4.69, 9.17) is 0 Å². The second kappa shape index (κ2) is 2.61. The Morgan fingerprint density at radius 3 is 2.80 bits per heavy atom. The lowest BCUT2D eigenvalue weighted by Crippen LogP contribution is -2.10. The predicted octanol–water partition coefficient (Wildman–Crippen LogP) is 3.31. The number of rotatable bonds is 2. The lowest BCUT2D eigenvalue weighted by atomic mass is 9.82. The van der Waals surface area contributed by atoms with Crippen LogP contribution in [-0.4, -0.2) is 0 Å². The molecule has 1 aliphatic rings. The van der Waals surface area contributed by atoms with Gasteiger partial charge in [0.05, 0.1) is 0 Å². The third-order valence-electron chi connectivity index (χ3n) is 2.66. The Morgan fingerprint density at radius 1 is 1.70 bits per heavy atom. The molecule has 0 radical (unpaired) electrons. The minimum absolute atomic E-state index is 0.391. The van der Waals surface area contributed by atoms with Crippen LogP contribution < -0.4 is 0 Å². The van der Waals surface area contributed by atoms with Gasteiger partial charge in [0, 0.05) is 0 Å². The quantitative estimate of drug-likeness (QED) is 0.511. The zero-order valence-electron chi connectivity index (χ0n) is 6.82. The van der Waals surface area contributed by atoms with Crippen molar-refractivity contribution in [3.8, 4) is 0 Å². The van der Waals surface area contributed by atoms with E-state index in [1.165, 1.54) is 24.8 Å². The third kappa shape index (κ3) is 1.16. The van der Waals surface area contributed by atoms with E-state index in [9.17, 15) is 0 Å². The molecule has 0 N–H and O–H groups in total. The fourth-order valence-electron chi connectivity index (χ4n) is 1.74. The summed E-state index contributed by atoms with van der Waals surface area (Å²) >= 11 is 0. The number of hydrogen-bond acceptors (Lipinski definition) is 0. The van der Waals surface area contributed by atoms with Gasteiger partial charge in [0.2, 0.25) is 0 Å². The summed E-state index contributed by atoms with van der Waals surface area (Å²) < 4.78 is 0. The summed E-state index contributed by atoms with van der Waals surface area (Å²) in [6, 6.07) is 0. The zero-order chi connectivity index (χ0) is 7.61. The molecule has 1 aliphatic carbocycles. The smallest absolute Gasteiger partial charge is 0.00846 e. The zero-order valence-corrected chi connectivity index (χ0v) is 6.82. The maximum atomic E-state index is 4.08. The van der Waals surface area contributed by atoms with E-state index in [1.54, 1.807) is 0 Å². The van der Waals surface area contributed by atoms with Gasteiger partial charge in [0.1, 0.15) is 0 Å². The highest BCUT2D eigenvalue weighted by Crippen LogP contribution is 2.44. The van der Waals surface area contributed by atoms with Crippen LogP contribution in [0.15, 0.2) is 24.8 Å². The van der Waals surface area contributed by atoms with E-state index in [0.717, 1.165) is 6.42 Å². The van der Waals surface area contributed by atoms with Crippen molar-refractivity contribution in [1.29, 1.82) is 0 Å². The molecule has 0 heteroatoms. The Hall–Kier alpha value is -0.520. The largest absolute Gasteiger partial charge is 0.103 e. The summed E-state index contributed by atoms with van der Waals surface area (Å²) in [5, 5.41) is 0. The van der Waals surface area contributed by atoms with Gasteiger partial charge < -0.3 is 0 Å². The van der Waals surface area contributed by atoms with Crippen molar-refractivity contribution in [2.45, 2.75) is 32.6 Å². The molecule has 1 saturated carbocycles. The van der Waals surface area contributed by atoms with Gasteiger partial charge in [-0.05, 0) is 31.1 Å². The Balaban J connectivity index is 2.65. The van der Waals surface area contributed by atoms with E-state index < -0.39 is 0 Å². The topological polar surface area (TPSA) is 0 Å². The van der Waals surface area contributed by atoms with Crippen molar-refractivity contribution in [3.05, 3.63) is 24.8 Å². The molecule has 1 unspecified atom stereocenters. The normalized spacial score (nSPS) is 32.7. The molecule has 1 fully saturated rings. The summed E-state index contributed by atoms with van der Waals surface area (Å²) in [4.78, 5) is 0. The van der Waals surface area contributed by atoms with Crippen molar-refractivity contribution >= 4 is 0 Å². The van der Waals surface area contributed by atoms with E-state index in [-0.39, 0.29) is 0 Å². The van der Waals surface area contributed by atoms with Crippen LogP contribution in [0.2, 0.25) is 0 Å². The Kier molecular flexibility index (Phi) is 1.98. The minimum Gasteiger partial charge on any atom is -0.103 e. The van der Waals surface area contributed by atoms with Crippen molar-refractivity contribution in [3.63, 3.8) is 0 Å². The van der Waals surface area contributed by atoms with Crippen molar-refractivity contribution < 1.29 is 0 Å². The molecule has 0 aromatic rings. The first-order valence-electron chi connectivity index (χ1n) is 3.98. The highest BCUT2D eigenvalue weighted by Gasteiger charge is 2.30. The third-order valence-corrected chi connectivity index (χ3v) is 2.66. The second-order valence-corrected chi connectivity index (χ2v) is 3.51. The molecule has 0 aromatic carbocycles. The van der Waals surface area contributed by atoms with Crippen LogP contribution in [-0.2, 0) is 0 Å². The lowest BCUT2D eigenvalue weighted by Gasteiger charge is -2.23. The van der Waals surface area contributed by atoms with E-state index in [2.05, 4.69) is 20.1 Å². The second-order valence-electron chi connectivity index (χ2n) is 3.51. The van der Waals surface area contributed by atoms with Crippen LogP contribution in [0, 0.1) is 5.41 Å². The highest BCUT2D eigenvalue weighted by molar-refractivity contribution is 5.15. The summed E-state index contributed by atoms with van der Waals surface area (Å²) in [5.41, 5.74) is 1.81. The van der Waals surface area contributed by atoms with Crippen molar-refractivity contribution in [1.82, 2.24) is 0 Å². The maximum absolute atomic E-state index is 4.08. The predicted molar refractivity (Wildman–Crippen MR) is 45.9 cm³/mol. The Labute approximate surface area is 63.6 Å². The highest BCUT2D eigenvalue weighted by atomic mass is 14.3. The van der Waals surface area contributed by atoms with Crippen LogP contribution in [0.4, 0.5) is 0 Å². The van der Waals surface area contributed by atoms with Gasteiger partial charge in [0.15, 0.2) is 0 Å². The standard InChI is InChI=1S/C10H16/c1-4-7-10(3)8-5-6-9(10)2/h4H,1-2,5-8H2,3H3. The first-order valence-corrected chi connectivity index (χ1v) is 3.98. The number of allylic oxidation sites excluding steroid dienone is 2. The molecular formula is C10H16. The van der Waals surface area contributed by atoms with E-state index in [0.29, 0.717) is 5.41 Å². The van der Waals surface area contributed by atoms with E-state index in [1.807, 2.05) is 6.08 Å². The molecule has 0 aliphatic heterocycles. The average molecular weight is 136 g/mol. The van der Waals surface area contributed by atoms with Crippen molar-refractivity contribution in [2.24, 2.45) is 5.41 Å². The van der Waals surface area contributed by atoms with Gasteiger partial charge in [-0.2, -0.15) is 0 Å². The van der Waals surface area contributed by atoms with Crippen LogP contribution in [0.3, 0.4) is 0 Å². The summed E-state index contributed by atoms with van der Waals surface area (Å²) in [6.07, 6.45) is 6.97. The van der Waals surface area contributed by atoms with Crippen LogP contribution in [0.1, 0.15) is 32.6 Å². The monoisotopic (exact) mass is 136 g/mol. The molecule has 0 heterocycles. The van der Waals surface area contributed by atoms with Crippen LogP contribution in [0.5, 0.6) is 0 Å². The van der Waals surface area contributed by atoms with Crippen molar-refractivity contribution in [2.75, 3.05) is 0 Å². The van der Waals surface area contributed by atoms with Crippen LogP contribution in [0.25, 0.3) is 0 Å². The van der Waals surface area contributed by atoms with Gasteiger partial charge in [-0.25, -0.2) is 0 Å². The number of hydrogen-bond donors (Lipinski definition) is 0. The van der Waals surface area contributed by atoms with Gasteiger partial charge in [-0.15, -0.1) is 6.58 Å². The molecule has 1 atom stereocenters. The molecule has 10 heavy (non-hydrogen) atoms. The minimum atomic E-state index is 0.391. The summed E-state index contributed by atoms with van der Waals surface area (Å²) in [5.74, 6) is 0. The van der Waals surface area contributed by atoms with Gasteiger partial charge in [-0.1, -0.05) is 25.2 Å². The van der Waals surface area contributed by atoms with E-state index >= 15 is 0 Å². The van der Waals surface area contributed by atoms with Crippen LogP contribution >= 0.6 is 0 Å². The molecule has 0 bridgehead atoms. The lowest BCUT2D eigenvalue weighted by molar-refractivity contribution is 0.418. The molecule has 1 rings (SSSR count). The molecule has 0 amide bonds. The average Bonchev–Trinajstić information content (AvgIpc) is 2.15. The van der Waals surface area contributed by atoms with Gasteiger partial charge in [0.25, 0.3) is 0 Å². The molecule has 0 spiro atoms. The fourth-order valence-corrected chi connectivity index (χ4v) is 1.74.